The molecule has 5 heteroatoms. The van der Waals surface area contributed by atoms with Crippen molar-refractivity contribution in [1.82, 2.24) is 10.2 Å². The molecular weight excluding hydrogens is 316 g/mol. The number of methoxy groups -OCH3 is 1. The molecule has 1 aromatic rings. The van der Waals surface area contributed by atoms with Gasteiger partial charge < -0.3 is 15.2 Å². The van der Waals surface area contributed by atoms with Gasteiger partial charge in [0.1, 0.15) is 5.75 Å². The molecule has 138 valence electrons. The first-order valence-corrected chi connectivity index (χ1v) is 9.50. The van der Waals surface area contributed by atoms with Gasteiger partial charge in [-0.25, -0.2) is 0 Å². The maximum atomic E-state index is 12.4. The summed E-state index contributed by atoms with van der Waals surface area (Å²) in [6.45, 7) is 1.92. The molecule has 2 atom stereocenters. The molecule has 0 bridgehead atoms. The first-order chi connectivity index (χ1) is 12.2. The number of hydrogen-bond donors (Lipinski definition) is 2. The number of para-hydroxylation sites is 1. The van der Waals surface area contributed by atoms with Crippen LogP contribution >= 0.6 is 0 Å². The number of aliphatic hydroxyl groups is 1. The van der Waals surface area contributed by atoms with Gasteiger partial charge in [-0.15, -0.1) is 0 Å². The third kappa shape index (κ3) is 4.73. The molecular formula is C20H30N2O3. The van der Waals surface area contributed by atoms with Crippen molar-refractivity contribution in [1.29, 1.82) is 0 Å². The Kier molecular flexibility index (Phi) is 6.32. The summed E-state index contributed by atoms with van der Waals surface area (Å²) in [5.41, 5.74) is 0.922. The van der Waals surface area contributed by atoms with Gasteiger partial charge in [-0.3, -0.25) is 9.69 Å². The molecule has 25 heavy (non-hydrogen) atoms. The smallest absolute Gasteiger partial charge is 0.224 e. The van der Waals surface area contributed by atoms with E-state index in [0.29, 0.717) is 12.5 Å². The van der Waals surface area contributed by atoms with E-state index in [1.54, 1.807) is 7.11 Å². The molecule has 2 N–H and O–H groups in total. The Morgan fingerprint density at radius 1 is 1.20 bits per heavy atom. The Hall–Kier alpha value is -1.59. The van der Waals surface area contributed by atoms with E-state index in [0.717, 1.165) is 56.5 Å². The van der Waals surface area contributed by atoms with Gasteiger partial charge in [0.25, 0.3) is 0 Å². The lowest BCUT2D eigenvalue weighted by atomic mass is 9.89. The van der Waals surface area contributed by atoms with Gasteiger partial charge in [-0.05, 0) is 31.7 Å². The van der Waals surface area contributed by atoms with Gasteiger partial charge in [-0.1, -0.05) is 31.0 Å². The number of carbonyl (C=O) groups is 1. The highest BCUT2D eigenvalue weighted by atomic mass is 16.5. The summed E-state index contributed by atoms with van der Waals surface area (Å²) in [4.78, 5) is 14.8. The third-order valence-corrected chi connectivity index (χ3v) is 5.60. The average molecular weight is 346 g/mol. The summed E-state index contributed by atoms with van der Waals surface area (Å²) >= 11 is 0. The Labute approximate surface area is 150 Å². The average Bonchev–Trinajstić information content (AvgIpc) is 2.63. The Bertz CT molecular complexity index is 570. The number of benzene rings is 1. The van der Waals surface area contributed by atoms with Crippen molar-refractivity contribution in [2.75, 3.05) is 20.2 Å². The largest absolute Gasteiger partial charge is 0.496 e. The minimum absolute atomic E-state index is 0.0562. The summed E-state index contributed by atoms with van der Waals surface area (Å²) in [5.74, 6) is 0.819. The number of aliphatic hydroxyl groups excluding tert-OH is 1. The number of nitrogens with one attached hydrogen (secondary N) is 1. The van der Waals surface area contributed by atoms with Gasteiger partial charge in [0.2, 0.25) is 5.91 Å². The highest BCUT2D eigenvalue weighted by Gasteiger charge is 2.31. The van der Waals surface area contributed by atoms with Crippen molar-refractivity contribution in [3.63, 3.8) is 0 Å². The van der Waals surface area contributed by atoms with Crippen molar-refractivity contribution in [2.45, 2.75) is 63.1 Å². The number of likely N-dealkylation sites (tertiary alicyclic amines) is 1. The first-order valence-electron chi connectivity index (χ1n) is 9.50. The van der Waals surface area contributed by atoms with Gasteiger partial charge in [0, 0.05) is 30.7 Å². The van der Waals surface area contributed by atoms with E-state index < -0.39 is 0 Å². The molecule has 3 rings (SSSR count). The molecule has 1 aromatic carbocycles. The van der Waals surface area contributed by atoms with E-state index >= 15 is 0 Å². The normalized spacial score (nSPS) is 25.5. The van der Waals surface area contributed by atoms with Crippen LogP contribution in [0.15, 0.2) is 24.3 Å². The van der Waals surface area contributed by atoms with Crippen LogP contribution in [0.5, 0.6) is 5.75 Å². The fourth-order valence-corrected chi connectivity index (χ4v) is 4.19. The lowest BCUT2D eigenvalue weighted by molar-refractivity contribution is -0.121. The molecule has 2 fully saturated rings. The van der Waals surface area contributed by atoms with Gasteiger partial charge in [0.05, 0.1) is 19.6 Å². The Balaban J connectivity index is 1.46. The van der Waals surface area contributed by atoms with Crippen LogP contribution in [0, 0.1) is 0 Å². The van der Waals surface area contributed by atoms with Crippen LogP contribution in [0.3, 0.4) is 0 Å². The molecule has 1 aliphatic heterocycles. The van der Waals surface area contributed by atoms with E-state index in [4.69, 9.17) is 4.74 Å². The van der Waals surface area contributed by atoms with E-state index in [1.165, 1.54) is 6.42 Å². The molecule has 5 nitrogen and oxygen atoms in total. The summed E-state index contributed by atoms with van der Waals surface area (Å²) in [6.07, 6.45) is 6.50. The molecule has 2 aliphatic rings. The minimum atomic E-state index is -0.176. The van der Waals surface area contributed by atoms with Crippen LogP contribution in [0.2, 0.25) is 0 Å². The van der Waals surface area contributed by atoms with E-state index in [1.807, 2.05) is 24.3 Å². The van der Waals surface area contributed by atoms with Crippen molar-refractivity contribution in [2.24, 2.45) is 0 Å². The van der Waals surface area contributed by atoms with Crippen LogP contribution in [0.25, 0.3) is 0 Å². The SMILES string of the molecule is COc1ccccc1CC(=O)NC1CCN(C2CCCCC2O)CC1. The van der Waals surface area contributed by atoms with Gasteiger partial charge in [-0.2, -0.15) is 0 Å². The summed E-state index contributed by atoms with van der Waals surface area (Å²) in [5, 5.41) is 13.4. The summed E-state index contributed by atoms with van der Waals surface area (Å²) in [6, 6.07) is 8.22. The summed E-state index contributed by atoms with van der Waals surface area (Å²) < 4.78 is 5.32. The zero-order valence-corrected chi connectivity index (χ0v) is 15.1. The maximum Gasteiger partial charge on any atom is 0.224 e. The second kappa shape index (κ2) is 8.68. The quantitative estimate of drug-likeness (QED) is 0.857. The van der Waals surface area contributed by atoms with Crippen molar-refractivity contribution in [3.8, 4) is 5.75 Å². The molecule has 2 unspecified atom stereocenters. The third-order valence-electron chi connectivity index (χ3n) is 5.60. The van der Waals surface area contributed by atoms with E-state index in [2.05, 4.69) is 10.2 Å². The van der Waals surface area contributed by atoms with Crippen molar-refractivity contribution in [3.05, 3.63) is 29.8 Å². The number of carbonyl (C=O) groups excluding carboxylic acids is 1. The zero-order valence-electron chi connectivity index (χ0n) is 15.1. The molecule has 0 aromatic heterocycles. The molecule has 1 saturated carbocycles. The molecule has 1 amide bonds. The lowest BCUT2D eigenvalue weighted by Crippen LogP contribution is -2.52. The summed E-state index contributed by atoms with van der Waals surface area (Å²) in [7, 11) is 1.63. The number of piperidine rings is 1. The fourth-order valence-electron chi connectivity index (χ4n) is 4.19. The van der Waals surface area contributed by atoms with Crippen molar-refractivity contribution < 1.29 is 14.6 Å². The molecule has 0 radical (unpaired) electrons. The highest BCUT2D eigenvalue weighted by molar-refractivity contribution is 5.79. The molecule has 1 saturated heterocycles. The van der Waals surface area contributed by atoms with E-state index in [9.17, 15) is 9.90 Å². The van der Waals surface area contributed by atoms with Crippen LogP contribution in [0.1, 0.15) is 44.1 Å². The van der Waals surface area contributed by atoms with Gasteiger partial charge >= 0.3 is 0 Å². The highest BCUT2D eigenvalue weighted by Crippen LogP contribution is 2.26. The van der Waals surface area contributed by atoms with Crippen LogP contribution < -0.4 is 10.1 Å². The zero-order chi connectivity index (χ0) is 17.6. The molecule has 0 spiro atoms. The molecule has 1 aliphatic carbocycles. The topological polar surface area (TPSA) is 61.8 Å². The van der Waals surface area contributed by atoms with Crippen LogP contribution in [-0.4, -0.2) is 54.3 Å². The number of nitrogens with zero attached hydrogens (tertiary/aromatic N) is 1. The molecule has 1 heterocycles. The van der Waals surface area contributed by atoms with Crippen LogP contribution in [-0.2, 0) is 11.2 Å². The van der Waals surface area contributed by atoms with E-state index in [-0.39, 0.29) is 18.1 Å². The van der Waals surface area contributed by atoms with Crippen molar-refractivity contribution >= 4 is 5.91 Å². The van der Waals surface area contributed by atoms with Gasteiger partial charge in [0.15, 0.2) is 0 Å². The fraction of sp³-hybridized carbons (Fsp3) is 0.650. The minimum Gasteiger partial charge on any atom is -0.496 e. The predicted octanol–water partition coefficient (Wildman–Crippen LogP) is 2.12. The second-order valence-electron chi connectivity index (χ2n) is 7.29. The first kappa shape index (κ1) is 18.2. The Morgan fingerprint density at radius 3 is 2.64 bits per heavy atom. The number of hydrogen-bond acceptors (Lipinski definition) is 4. The number of ether oxygens (including phenoxy) is 1. The standard InChI is InChI=1S/C20H30N2O3/c1-25-19-9-5-2-6-15(19)14-20(24)21-16-10-12-22(13-11-16)17-7-3-4-8-18(17)23/h2,5-6,9,16-18,23H,3-4,7-8,10-14H2,1H3,(H,21,24). The second-order valence-corrected chi connectivity index (χ2v) is 7.29. The monoisotopic (exact) mass is 346 g/mol. The number of rotatable bonds is 5. The lowest BCUT2D eigenvalue weighted by Gasteiger charge is -2.41. The Morgan fingerprint density at radius 2 is 1.92 bits per heavy atom. The number of amides is 1. The van der Waals surface area contributed by atoms with Crippen LogP contribution in [0.4, 0.5) is 0 Å². The predicted molar refractivity (Wildman–Crippen MR) is 97.7 cm³/mol. The maximum absolute atomic E-state index is 12.4.